The van der Waals surface area contributed by atoms with Crippen LogP contribution in [0.5, 0.6) is 5.75 Å². The van der Waals surface area contributed by atoms with E-state index in [-0.39, 0.29) is 30.3 Å². The Morgan fingerprint density at radius 1 is 1.22 bits per heavy atom. The molecule has 0 aromatic heterocycles. The van der Waals surface area contributed by atoms with E-state index in [0.717, 1.165) is 5.56 Å². The minimum absolute atomic E-state index is 0.00438. The molecule has 5 heteroatoms. The highest BCUT2D eigenvalue weighted by atomic mass is 19.1. The summed E-state index contributed by atoms with van der Waals surface area (Å²) < 4.78 is 18.3. The van der Waals surface area contributed by atoms with E-state index in [1.54, 1.807) is 35.2 Å². The number of amides is 1. The van der Waals surface area contributed by atoms with Gasteiger partial charge in [0.25, 0.3) is 0 Å². The van der Waals surface area contributed by atoms with Gasteiger partial charge in [-0.05, 0) is 29.8 Å². The third-order valence-corrected chi connectivity index (χ3v) is 3.92. The van der Waals surface area contributed by atoms with Gasteiger partial charge in [0.1, 0.15) is 11.6 Å². The van der Waals surface area contributed by atoms with Crippen molar-refractivity contribution in [3.05, 3.63) is 59.4 Å². The predicted molar refractivity (Wildman–Crippen MR) is 84.4 cm³/mol. The average Bonchev–Trinajstić information content (AvgIpc) is 2.57. The Morgan fingerprint density at radius 3 is 2.65 bits per heavy atom. The normalized spacial score (nSPS) is 13.7. The summed E-state index contributed by atoms with van der Waals surface area (Å²) in [6, 6.07) is 11.0. The van der Waals surface area contributed by atoms with E-state index in [0.29, 0.717) is 23.5 Å². The Morgan fingerprint density at radius 2 is 1.96 bits per heavy atom. The van der Waals surface area contributed by atoms with E-state index in [2.05, 4.69) is 0 Å². The van der Waals surface area contributed by atoms with Crippen LogP contribution in [-0.4, -0.2) is 25.3 Å². The molecule has 0 spiro atoms. The number of para-hydroxylation sites is 1. The molecule has 0 N–H and O–H groups in total. The summed E-state index contributed by atoms with van der Waals surface area (Å²) in [6.07, 6.45) is 0.432. The van der Waals surface area contributed by atoms with Crippen molar-refractivity contribution in [2.45, 2.75) is 12.8 Å². The second kappa shape index (κ2) is 6.20. The quantitative estimate of drug-likeness (QED) is 0.875. The number of halogens is 1. The van der Waals surface area contributed by atoms with Crippen LogP contribution in [0.2, 0.25) is 0 Å². The van der Waals surface area contributed by atoms with Crippen molar-refractivity contribution in [3.8, 4) is 5.75 Å². The van der Waals surface area contributed by atoms with E-state index in [1.807, 2.05) is 0 Å². The molecule has 0 saturated heterocycles. The lowest BCUT2D eigenvalue weighted by Gasteiger charge is -2.30. The topological polar surface area (TPSA) is 46.6 Å². The van der Waals surface area contributed by atoms with Crippen LogP contribution in [0.4, 0.5) is 10.1 Å². The van der Waals surface area contributed by atoms with Gasteiger partial charge in [-0.3, -0.25) is 9.59 Å². The van der Waals surface area contributed by atoms with Crippen LogP contribution >= 0.6 is 0 Å². The molecule has 0 fully saturated rings. The molecule has 0 atom stereocenters. The lowest BCUT2D eigenvalue weighted by molar-refractivity contribution is -0.118. The molecular weight excluding hydrogens is 297 g/mol. The smallest absolute Gasteiger partial charge is 0.231 e. The van der Waals surface area contributed by atoms with Crippen LogP contribution in [0.1, 0.15) is 22.3 Å². The van der Waals surface area contributed by atoms with Crippen LogP contribution in [-0.2, 0) is 11.2 Å². The van der Waals surface area contributed by atoms with Crippen molar-refractivity contribution in [1.82, 2.24) is 0 Å². The molecule has 0 saturated carbocycles. The second-order valence-electron chi connectivity index (χ2n) is 5.38. The fraction of sp³-hybridized carbons (Fsp3) is 0.222. The molecule has 1 heterocycles. The maximum atomic E-state index is 13.0. The third kappa shape index (κ3) is 2.95. The Kier molecular flexibility index (Phi) is 4.10. The molecule has 4 nitrogen and oxygen atoms in total. The lowest BCUT2D eigenvalue weighted by atomic mass is 9.98. The number of fused-ring (bicyclic) bond motifs is 1. The predicted octanol–water partition coefficient (Wildman–Crippen LogP) is 3.00. The van der Waals surface area contributed by atoms with E-state index in [9.17, 15) is 14.0 Å². The van der Waals surface area contributed by atoms with Crippen molar-refractivity contribution in [1.29, 1.82) is 0 Å². The largest absolute Gasteiger partial charge is 0.495 e. The minimum Gasteiger partial charge on any atom is -0.495 e. The van der Waals surface area contributed by atoms with Gasteiger partial charge in [0, 0.05) is 18.5 Å². The Hall–Kier alpha value is -2.69. The number of carbonyl (C=O) groups is 2. The van der Waals surface area contributed by atoms with Gasteiger partial charge in [-0.15, -0.1) is 0 Å². The molecule has 1 aliphatic rings. The highest BCUT2D eigenvalue weighted by Crippen LogP contribution is 2.36. The molecule has 2 aromatic rings. The van der Waals surface area contributed by atoms with Crippen LogP contribution in [0, 0.1) is 5.82 Å². The Bertz CT molecular complexity index is 755. The minimum atomic E-state index is -0.336. The van der Waals surface area contributed by atoms with Gasteiger partial charge < -0.3 is 9.64 Å². The first-order chi connectivity index (χ1) is 11.1. The molecule has 1 aliphatic heterocycles. The number of carbonyl (C=O) groups excluding carboxylic acids is 2. The number of methoxy groups -OCH3 is 1. The number of nitrogens with zero attached hydrogens (tertiary/aromatic N) is 1. The number of hydrogen-bond donors (Lipinski definition) is 0. The van der Waals surface area contributed by atoms with Crippen molar-refractivity contribution < 1.29 is 18.7 Å². The van der Waals surface area contributed by atoms with E-state index < -0.39 is 0 Å². The molecule has 2 aromatic carbocycles. The van der Waals surface area contributed by atoms with Crippen molar-refractivity contribution in [2.24, 2.45) is 0 Å². The summed E-state index contributed by atoms with van der Waals surface area (Å²) in [5.41, 5.74) is 1.76. The van der Waals surface area contributed by atoms with E-state index in [4.69, 9.17) is 4.74 Å². The van der Waals surface area contributed by atoms with Crippen LogP contribution < -0.4 is 9.64 Å². The van der Waals surface area contributed by atoms with Crippen molar-refractivity contribution in [3.63, 3.8) is 0 Å². The van der Waals surface area contributed by atoms with Gasteiger partial charge in [-0.25, -0.2) is 4.39 Å². The summed E-state index contributed by atoms with van der Waals surface area (Å²) in [5, 5.41) is 0. The van der Waals surface area contributed by atoms with Gasteiger partial charge in [-0.2, -0.15) is 0 Å². The number of anilines is 1. The zero-order valence-corrected chi connectivity index (χ0v) is 12.7. The first kappa shape index (κ1) is 15.2. The number of Topliss-reactive ketones (excluding diaryl/α,β-unsaturated/α-hetero) is 1. The van der Waals surface area contributed by atoms with E-state index >= 15 is 0 Å². The lowest BCUT2D eigenvalue weighted by Crippen LogP contribution is -2.38. The Labute approximate surface area is 133 Å². The zero-order chi connectivity index (χ0) is 16.4. The first-order valence-electron chi connectivity index (χ1n) is 7.35. The molecule has 0 radical (unpaired) electrons. The van der Waals surface area contributed by atoms with Crippen molar-refractivity contribution in [2.75, 3.05) is 18.6 Å². The number of ether oxygens (including phenoxy) is 1. The number of ketones is 1. The monoisotopic (exact) mass is 313 g/mol. The molecule has 0 aliphatic carbocycles. The van der Waals surface area contributed by atoms with Crippen LogP contribution in [0.15, 0.2) is 42.5 Å². The highest BCUT2D eigenvalue weighted by molar-refractivity contribution is 6.10. The van der Waals surface area contributed by atoms with Gasteiger partial charge in [0.05, 0.1) is 19.2 Å². The molecule has 1 amide bonds. The Balaban J connectivity index is 1.92. The molecule has 0 unspecified atom stereocenters. The highest BCUT2D eigenvalue weighted by Gasteiger charge is 2.30. The SMILES string of the molecule is COc1cccc2c1N(C(=O)Cc1ccc(F)cc1)CCC2=O. The number of rotatable bonds is 3. The summed E-state index contributed by atoms with van der Waals surface area (Å²) in [4.78, 5) is 26.3. The van der Waals surface area contributed by atoms with Crippen LogP contribution in [0.25, 0.3) is 0 Å². The van der Waals surface area contributed by atoms with Gasteiger partial charge in [0.15, 0.2) is 5.78 Å². The molecular formula is C18H16FNO3. The summed E-state index contributed by atoms with van der Waals surface area (Å²) >= 11 is 0. The zero-order valence-electron chi connectivity index (χ0n) is 12.7. The maximum Gasteiger partial charge on any atom is 0.231 e. The standard InChI is InChI=1S/C18H16FNO3/c1-23-16-4-2-3-14-15(21)9-10-20(18(14)16)17(22)11-12-5-7-13(19)8-6-12/h2-8H,9-11H2,1H3. The van der Waals surface area contributed by atoms with Gasteiger partial charge in [0.2, 0.25) is 5.91 Å². The fourth-order valence-corrected chi connectivity index (χ4v) is 2.77. The fourth-order valence-electron chi connectivity index (χ4n) is 2.77. The number of benzene rings is 2. The molecule has 0 bridgehead atoms. The van der Waals surface area contributed by atoms with Crippen LogP contribution in [0.3, 0.4) is 0 Å². The first-order valence-corrected chi connectivity index (χ1v) is 7.35. The van der Waals surface area contributed by atoms with Gasteiger partial charge in [-0.1, -0.05) is 18.2 Å². The van der Waals surface area contributed by atoms with Gasteiger partial charge >= 0.3 is 0 Å². The summed E-state index contributed by atoms with van der Waals surface area (Å²) in [5.74, 6) is 0.0272. The summed E-state index contributed by atoms with van der Waals surface area (Å²) in [6.45, 7) is 0.326. The number of hydrogen-bond acceptors (Lipinski definition) is 3. The average molecular weight is 313 g/mol. The third-order valence-electron chi connectivity index (χ3n) is 3.92. The molecule has 118 valence electrons. The molecule has 23 heavy (non-hydrogen) atoms. The second-order valence-corrected chi connectivity index (χ2v) is 5.38. The molecule has 3 rings (SSSR count). The van der Waals surface area contributed by atoms with E-state index in [1.165, 1.54) is 19.2 Å². The summed E-state index contributed by atoms with van der Waals surface area (Å²) in [7, 11) is 1.51. The maximum absolute atomic E-state index is 13.0. The van der Waals surface area contributed by atoms with Crippen molar-refractivity contribution >= 4 is 17.4 Å².